The van der Waals surface area contributed by atoms with E-state index in [1.807, 2.05) is 30.3 Å². The fraction of sp³-hybridized carbons (Fsp3) is 0.250. The highest BCUT2D eigenvalue weighted by Gasteiger charge is 2.15. The molecular weight excluding hydrogens is 310 g/mol. The Morgan fingerprint density at radius 1 is 1.12 bits per heavy atom. The zero-order valence-corrected chi connectivity index (χ0v) is 13.5. The second kappa shape index (κ2) is 7.91. The molecule has 0 aliphatic heterocycles. The first-order valence-electron chi connectivity index (χ1n) is 7.37. The molecule has 0 saturated heterocycles. The van der Waals surface area contributed by atoms with Gasteiger partial charge in [-0.25, -0.2) is 4.68 Å². The lowest BCUT2D eigenvalue weighted by molar-refractivity contribution is -0.136. The average Bonchev–Trinajstić information content (AvgIpc) is 3.03. The van der Waals surface area contributed by atoms with Crippen LogP contribution in [0.25, 0.3) is 5.69 Å². The first-order chi connectivity index (χ1) is 11.5. The number of hydrogen-bond donors (Lipinski definition) is 2. The fourth-order valence-corrected chi connectivity index (χ4v) is 1.88. The Labute approximate surface area is 139 Å². The van der Waals surface area contributed by atoms with Crippen LogP contribution in [0.3, 0.4) is 0 Å². The van der Waals surface area contributed by atoms with Crippen molar-refractivity contribution in [1.82, 2.24) is 20.0 Å². The predicted molar refractivity (Wildman–Crippen MR) is 88.5 cm³/mol. The summed E-state index contributed by atoms with van der Waals surface area (Å²) in [4.78, 5) is 36.3. The lowest BCUT2D eigenvalue weighted by Crippen LogP contribution is -2.37. The van der Waals surface area contributed by atoms with Gasteiger partial charge in [0.05, 0.1) is 23.8 Å². The van der Waals surface area contributed by atoms with E-state index in [-0.39, 0.29) is 18.9 Å². The highest BCUT2D eigenvalue weighted by molar-refractivity contribution is 6.39. The van der Waals surface area contributed by atoms with Crippen LogP contribution in [0.15, 0.2) is 42.7 Å². The molecule has 2 N–H and O–H groups in total. The molecule has 126 valence electrons. The molecule has 0 radical (unpaired) electrons. The number of para-hydroxylation sites is 1. The largest absolute Gasteiger partial charge is 0.349 e. The Kier molecular flexibility index (Phi) is 5.67. The van der Waals surface area contributed by atoms with Crippen LogP contribution in [0.2, 0.25) is 0 Å². The third-order valence-electron chi connectivity index (χ3n) is 3.19. The van der Waals surface area contributed by atoms with Gasteiger partial charge in [0, 0.05) is 27.1 Å². The van der Waals surface area contributed by atoms with Crippen LogP contribution in [-0.2, 0) is 14.4 Å². The normalized spacial score (nSPS) is 10.1. The summed E-state index contributed by atoms with van der Waals surface area (Å²) < 4.78 is 1.59. The number of rotatable bonds is 5. The number of hydrogen-bond acceptors (Lipinski definition) is 4. The maximum Gasteiger partial charge on any atom is 0.313 e. The van der Waals surface area contributed by atoms with Crippen LogP contribution >= 0.6 is 0 Å². The molecule has 1 aromatic carbocycles. The maximum absolute atomic E-state index is 11.8. The minimum Gasteiger partial charge on any atom is -0.349 e. The molecule has 2 rings (SSSR count). The molecule has 0 aliphatic carbocycles. The first kappa shape index (κ1) is 17.2. The van der Waals surface area contributed by atoms with Gasteiger partial charge < -0.3 is 15.5 Å². The molecule has 8 nitrogen and oxygen atoms in total. The molecule has 2 aromatic rings. The van der Waals surface area contributed by atoms with Crippen molar-refractivity contribution in [3.8, 4) is 5.69 Å². The lowest BCUT2D eigenvalue weighted by atomic mass is 10.3. The zero-order chi connectivity index (χ0) is 17.5. The fourth-order valence-electron chi connectivity index (χ4n) is 1.88. The maximum atomic E-state index is 11.8. The molecule has 1 heterocycles. The van der Waals surface area contributed by atoms with Gasteiger partial charge in [0.25, 0.3) is 0 Å². The minimum atomic E-state index is -0.806. The van der Waals surface area contributed by atoms with Gasteiger partial charge in [0.15, 0.2) is 0 Å². The molecule has 0 bridgehead atoms. The molecule has 0 spiro atoms. The van der Waals surface area contributed by atoms with E-state index in [2.05, 4.69) is 15.7 Å². The molecule has 24 heavy (non-hydrogen) atoms. The van der Waals surface area contributed by atoms with Crippen LogP contribution in [0.1, 0.15) is 6.42 Å². The van der Waals surface area contributed by atoms with Crippen molar-refractivity contribution in [1.29, 1.82) is 0 Å². The molecule has 0 aliphatic rings. The van der Waals surface area contributed by atoms with Crippen LogP contribution < -0.4 is 10.6 Å². The number of aromatic nitrogens is 2. The smallest absolute Gasteiger partial charge is 0.313 e. The van der Waals surface area contributed by atoms with Gasteiger partial charge in [-0.2, -0.15) is 5.10 Å². The van der Waals surface area contributed by atoms with Crippen LogP contribution in [0, 0.1) is 0 Å². The number of amides is 3. The van der Waals surface area contributed by atoms with E-state index in [1.54, 1.807) is 25.0 Å². The van der Waals surface area contributed by atoms with Gasteiger partial charge in [0.2, 0.25) is 5.91 Å². The summed E-state index contributed by atoms with van der Waals surface area (Å²) in [7, 11) is 3.25. The summed E-state index contributed by atoms with van der Waals surface area (Å²) in [5.41, 5.74) is 1.24. The third-order valence-corrected chi connectivity index (χ3v) is 3.19. The average molecular weight is 329 g/mol. The van der Waals surface area contributed by atoms with Crippen molar-refractivity contribution in [3.63, 3.8) is 0 Å². The minimum absolute atomic E-state index is 0.104. The van der Waals surface area contributed by atoms with E-state index < -0.39 is 11.8 Å². The Morgan fingerprint density at radius 2 is 1.83 bits per heavy atom. The van der Waals surface area contributed by atoms with Gasteiger partial charge in [-0.05, 0) is 12.1 Å². The Balaban J connectivity index is 1.85. The molecule has 8 heteroatoms. The Hall–Kier alpha value is -3.16. The SMILES string of the molecule is CN(C)C(=O)CCNC(=O)C(=O)Nc1cnn(-c2ccccc2)c1. The number of carbonyl (C=O) groups is 3. The topological polar surface area (TPSA) is 96.3 Å². The lowest BCUT2D eigenvalue weighted by Gasteiger charge is -2.10. The van der Waals surface area contributed by atoms with Crippen molar-refractivity contribution in [2.75, 3.05) is 26.0 Å². The predicted octanol–water partition coefficient (Wildman–Crippen LogP) is 0.405. The number of anilines is 1. The summed E-state index contributed by atoms with van der Waals surface area (Å²) in [6.45, 7) is 0.104. The Morgan fingerprint density at radius 3 is 2.50 bits per heavy atom. The van der Waals surface area contributed by atoms with Gasteiger partial charge >= 0.3 is 11.8 Å². The molecule has 1 aromatic heterocycles. The van der Waals surface area contributed by atoms with Crippen LogP contribution in [0.4, 0.5) is 5.69 Å². The quantitative estimate of drug-likeness (QED) is 0.776. The van der Waals surface area contributed by atoms with E-state index in [4.69, 9.17) is 0 Å². The van der Waals surface area contributed by atoms with Crippen molar-refractivity contribution in [2.24, 2.45) is 0 Å². The van der Waals surface area contributed by atoms with Crippen LogP contribution in [-0.4, -0.2) is 53.0 Å². The van der Waals surface area contributed by atoms with Crippen LogP contribution in [0.5, 0.6) is 0 Å². The Bertz CT molecular complexity index is 724. The van der Waals surface area contributed by atoms with Gasteiger partial charge in [-0.15, -0.1) is 0 Å². The summed E-state index contributed by atoms with van der Waals surface area (Å²) in [6.07, 6.45) is 3.20. The van der Waals surface area contributed by atoms with Crippen molar-refractivity contribution >= 4 is 23.4 Å². The zero-order valence-electron chi connectivity index (χ0n) is 13.5. The summed E-state index contributed by atoms with van der Waals surface area (Å²) in [5.74, 6) is -1.73. The number of benzene rings is 1. The van der Waals surface area contributed by atoms with E-state index in [0.717, 1.165) is 5.69 Å². The molecule has 0 fully saturated rings. The van der Waals surface area contributed by atoms with Gasteiger partial charge in [-0.3, -0.25) is 14.4 Å². The monoisotopic (exact) mass is 329 g/mol. The summed E-state index contributed by atoms with van der Waals surface area (Å²) in [6, 6.07) is 9.37. The highest BCUT2D eigenvalue weighted by atomic mass is 16.2. The van der Waals surface area contributed by atoms with E-state index in [9.17, 15) is 14.4 Å². The highest BCUT2D eigenvalue weighted by Crippen LogP contribution is 2.10. The molecule has 0 unspecified atom stereocenters. The van der Waals surface area contributed by atoms with Gasteiger partial charge in [-0.1, -0.05) is 18.2 Å². The van der Waals surface area contributed by atoms with Crippen molar-refractivity contribution in [2.45, 2.75) is 6.42 Å². The van der Waals surface area contributed by atoms with E-state index >= 15 is 0 Å². The number of nitrogens with one attached hydrogen (secondary N) is 2. The van der Waals surface area contributed by atoms with Crippen molar-refractivity contribution < 1.29 is 14.4 Å². The van der Waals surface area contributed by atoms with Crippen molar-refractivity contribution in [3.05, 3.63) is 42.7 Å². The second-order valence-corrected chi connectivity index (χ2v) is 5.26. The molecule has 3 amide bonds. The van der Waals surface area contributed by atoms with Gasteiger partial charge in [0.1, 0.15) is 0 Å². The number of carbonyl (C=O) groups excluding carboxylic acids is 3. The second-order valence-electron chi connectivity index (χ2n) is 5.26. The molecule has 0 saturated carbocycles. The molecular formula is C16H19N5O3. The summed E-state index contributed by atoms with van der Waals surface area (Å²) in [5, 5.41) is 8.99. The van der Waals surface area contributed by atoms with E-state index in [1.165, 1.54) is 11.1 Å². The summed E-state index contributed by atoms with van der Waals surface area (Å²) >= 11 is 0. The number of nitrogens with zero attached hydrogens (tertiary/aromatic N) is 3. The van der Waals surface area contributed by atoms with E-state index in [0.29, 0.717) is 5.69 Å². The molecule has 0 atom stereocenters. The standard InChI is InChI=1S/C16H19N5O3/c1-20(2)14(22)8-9-17-15(23)16(24)19-12-10-18-21(11-12)13-6-4-3-5-7-13/h3-7,10-11H,8-9H2,1-2H3,(H,17,23)(H,19,24). The first-order valence-corrected chi connectivity index (χ1v) is 7.37. The third kappa shape index (κ3) is 4.67.